The van der Waals surface area contributed by atoms with Crippen molar-refractivity contribution in [2.24, 2.45) is 0 Å². The minimum absolute atomic E-state index is 0.108. The van der Waals surface area contributed by atoms with E-state index < -0.39 is 9.84 Å². The standard InChI is InChI=1S/C23H19NO5S2/c1-3-11-29-18-10-9-15(12-19(18)28-2)17-13-21(25)24-22-20(14-30-23(17)22)31(26,27)16-7-5-4-6-8-16/h1,4-10,12,14,17H,11,13H2,2H3,(H,24,25)/t17-/m0/s1. The normalized spacial score (nSPS) is 15.5. The van der Waals surface area contributed by atoms with Gasteiger partial charge in [-0.25, -0.2) is 8.42 Å². The van der Waals surface area contributed by atoms with Crippen LogP contribution >= 0.6 is 11.3 Å². The molecule has 0 unspecified atom stereocenters. The number of benzene rings is 2. The minimum atomic E-state index is -3.76. The molecule has 1 aliphatic rings. The van der Waals surface area contributed by atoms with E-state index in [1.807, 2.05) is 6.07 Å². The number of fused-ring (bicyclic) bond motifs is 1. The summed E-state index contributed by atoms with van der Waals surface area (Å²) in [6, 6.07) is 13.6. The Bertz CT molecular complexity index is 1270. The van der Waals surface area contributed by atoms with Crippen LogP contribution in [0, 0.1) is 12.3 Å². The first-order chi connectivity index (χ1) is 15.0. The Morgan fingerprint density at radius 3 is 2.68 bits per heavy atom. The van der Waals surface area contributed by atoms with Crippen LogP contribution in [0.25, 0.3) is 0 Å². The van der Waals surface area contributed by atoms with Gasteiger partial charge in [-0.15, -0.1) is 17.8 Å². The van der Waals surface area contributed by atoms with Crippen LogP contribution in [0.3, 0.4) is 0 Å². The zero-order valence-corrected chi connectivity index (χ0v) is 18.3. The minimum Gasteiger partial charge on any atom is -0.493 e. The molecule has 0 spiro atoms. The predicted molar refractivity (Wildman–Crippen MR) is 119 cm³/mol. The first-order valence-corrected chi connectivity index (χ1v) is 11.8. The maximum absolute atomic E-state index is 13.2. The molecular formula is C23H19NO5S2. The fourth-order valence-corrected chi connectivity index (χ4v) is 6.47. The third kappa shape index (κ3) is 3.90. The molecule has 4 rings (SSSR count). The molecule has 1 aromatic heterocycles. The number of rotatable bonds is 6. The number of sulfone groups is 1. The van der Waals surface area contributed by atoms with Gasteiger partial charge in [0, 0.05) is 22.6 Å². The zero-order valence-electron chi connectivity index (χ0n) is 16.6. The molecular weight excluding hydrogens is 434 g/mol. The molecule has 6 nitrogen and oxygen atoms in total. The van der Waals surface area contributed by atoms with Gasteiger partial charge < -0.3 is 14.8 Å². The number of anilines is 1. The zero-order chi connectivity index (χ0) is 22.0. The van der Waals surface area contributed by atoms with Crippen LogP contribution in [0.15, 0.2) is 63.7 Å². The molecule has 158 valence electrons. The molecule has 0 bridgehead atoms. The van der Waals surface area contributed by atoms with Gasteiger partial charge in [-0.2, -0.15) is 0 Å². The highest BCUT2D eigenvalue weighted by molar-refractivity contribution is 7.91. The molecule has 8 heteroatoms. The van der Waals surface area contributed by atoms with Gasteiger partial charge in [-0.1, -0.05) is 30.2 Å². The lowest BCUT2D eigenvalue weighted by Gasteiger charge is -2.24. The van der Waals surface area contributed by atoms with E-state index in [-0.39, 0.29) is 34.6 Å². The number of hydrogen-bond acceptors (Lipinski definition) is 6. The molecule has 0 radical (unpaired) electrons. The van der Waals surface area contributed by atoms with Crippen molar-refractivity contribution in [3.63, 3.8) is 0 Å². The predicted octanol–water partition coefficient (Wildman–Crippen LogP) is 4.08. The Morgan fingerprint density at radius 2 is 1.97 bits per heavy atom. The molecule has 31 heavy (non-hydrogen) atoms. The summed E-state index contributed by atoms with van der Waals surface area (Å²) in [7, 11) is -2.24. The summed E-state index contributed by atoms with van der Waals surface area (Å²) >= 11 is 1.32. The van der Waals surface area contributed by atoms with Crippen LogP contribution in [0.2, 0.25) is 0 Å². The molecule has 1 atom stereocenters. The Labute approximate surface area is 184 Å². The molecule has 0 fully saturated rings. The van der Waals surface area contributed by atoms with E-state index in [1.54, 1.807) is 47.8 Å². The van der Waals surface area contributed by atoms with Crippen molar-refractivity contribution in [3.8, 4) is 23.8 Å². The molecule has 0 aliphatic carbocycles. The van der Waals surface area contributed by atoms with E-state index in [2.05, 4.69) is 11.2 Å². The maximum atomic E-state index is 13.2. The lowest BCUT2D eigenvalue weighted by molar-refractivity contribution is -0.116. The number of thiophene rings is 1. The van der Waals surface area contributed by atoms with Gasteiger partial charge in [0.1, 0.15) is 11.5 Å². The van der Waals surface area contributed by atoms with E-state index in [0.29, 0.717) is 17.2 Å². The van der Waals surface area contributed by atoms with Gasteiger partial charge in [-0.3, -0.25) is 4.79 Å². The number of methoxy groups -OCH3 is 1. The highest BCUT2D eigenvalue weighted by Gasteiger charge is 2.34. The first-order valence-electron chi connectivity index (χ1n) is 9.41. The average Bonchev–Trinajstić information content (AvgIpc) is 3.22. The Balaban J connectivity index is 1.77. The van der Waals surface area contributed by atoms with E-state index in [9.17, 15) is 13.2 Å². The third-order valence-corrected chi connectivity index (χ3v) is 8.04. The molecule has 2 heterocycles. The maximum Gasteiger partial charge on any atom is 0.225 e. The van der Waals surface area contributed by atoms with E-state index in [0.717, 1.165) is 10.4 Å². The lowest BCUT2D eigenvalue weighted by atomic mass is 9.90. The summed E-state index contributed by atoms with van der Waals surface area (Å²) in [4.78, 5) is 13.6. The number of nitrogens with one attached hydrogen (secondary N) is 1. The molecule has 2 aromatic carbocycles. The number of amides is 1. The van der Waals surface area contributed by atoms with Gasteiger partial charge in [0.2, 0.25) is 15.7 Å². The molecule has 0 saturated heterocycles. The van der Waals surface area contributed by atoms with Crippen LogP contribution in [0.4, 0.5) is 5.69 Å². The van der Waals surface area contributed by atoms with Gasteiger partial charge in [0.25, 0.3) is 0 Å². The van der Waals surface area contributed by atoms with Crippen molar-refractivity contribution in [3.05, 3.63) is 64.4 Å². The largest absolute Gasteiger partial charge is 0.493 e. The molecule has 1 aliphatic heterocycles. The lowest BCUT2D eigenvalue weighted by Crippen LogP contribution is -2.23. The fraction of sp³-hybridized carbons (Fsp3) is 0.174. The first kappa shape index (κ1) is 21.0. The second kappa shape index (κ2) is 8.46. The smallest absolute Gasteiger partial charge is 0.225 e. The second-order valence-electron chi connectivity index (χ2n) is 6.86. The highest BCUT2D eigenvalue weighted by atomic mass is 32.2. The summed E-state index contributed by atoms with van der Waals surface area (Å²) < 4.78 is 37.2. The van der Waals surface area contributed by atoms with Crippen LogP contribution in [0.5, 0.6) is 11.5 Å². The Kier molecular flexibility index (Phi) is 5.72. The van der Waals surface area contributed by atoms with Gasteiger partial charge >= 0.3 is 0 Å². The van der Waals surface area contributed by atoms with Crippen LogP contribution < -0.4 is 14.8 Å². The summed E-state index contributed by atoms with van der Waals surface area (Å²) in [5.74, 6) is 2.86. The Morgan fingerprint density at radius 1 is 1.19 bits per heavy atom. The van der Waals surface area contributed by atoms with Crippen molar-refractivity contribution < 1.29 is 22.7 Å². The van der Waals surface area contributed by atoms with Crippen LogP contribution in [-0.4, -0.2) is 28.0 Å². The molecule has 3 aromatic rings. The summed E-state index contributed by atoms with van der Waals surface area (Å²) in [5, 5.41) is 4.36. The number of carbonyl (C=O) groups is 1. The number of terminal acetylenes is 1. The van der Waals surface area contributed by atoms with E-state index >= 15 is 0 Å². The van der Waals surface area contributed by atoms with Crippen LogP contribution in [-0.2, 0) is 14.6 Å². The topological polar surface area (TPSA) is 81.7 Å². The quantitative estimate of drug-likeness (QED) is 0.569. The van der Waals surface area contributed by atoms with E-state index in [4.69, 9.17) is 15.9 Å². The van der Waals surface area contributed by atoms with E-state index in [1.165, 1.54) is 18.4 Å². The monoisotopic (exact) mass is 453 g/mol. The number of ether oxygens (including phenoxy) is 2. The number of carbonyl (C=O) groups excluding carboxylic acids is 1. The van der Waals surface area contributed by atoms with Crippen molar-refractivity contribution in [1.82, 2.24) is 0 Å². The van der Waals surface area contributed by atoms with Gasteiger partial charge in [0.05, 0.1) is 17.7 Å². The van der Waals surface area contributed by atoms with Crippen LogP contribution in [0.1, 0.15) is 22.8 Å². The van der Waals surface area contributed by atoms with Gasteiger partial charge in [0.15, 0.2) is 11.5 Å². The SMILES string of the molecule is C#CCOc1ccc([C@@H]2CC(=O)Nc3c(S(=O)(=O)c4ccccc4)csc32)cc1OC. The van der Waals surface area contributed by atoms with Gasteiger partial charge in [-0.05, 0) is 29.8 Å². The average molecular weight is 454 g/mol. The summed E-state index contributed by atoms with van der Waals surface area (Å²) in [6.07, 6.45) is 5.45. The van der Waals surface area contributed by atoms with Crippen molar-refractivity contribution in [2.45, 2.75) is 22.1 Å². The van der Waals surface area contributed by atoms with Crippen molar-refractivity contribution in [2.75, 3.05) is 19.0 Å². The fourth-order valence-electron chi connectivity index (χ4n) is 3.54. The molecule has 1 N–H and O–H groups in total. The third-order valence-electron chi connectivity index (χ3n) is 5.00. The van der Waals surface area contributed by atoms with Crippen molar-refractivity contribution >= 4 is 32.8 Å². The number of hydrogen-bond donors (Lipinski definition) is 1. The highest BCUT2D eigenvalue weighted by Crippen LogP contribution is 2.46. The molecule has 0 saturated carbocycles. The Hall–Kier alpha value is -3.28. The second-order valence-corrected chi connectivity index (χ2v) is 9.69. The molecule has 1 amide bonds. The summed E-state index contributed by atoms with van der Waals surface area (Å²) in [5.41, 5.74) is 1.17. The summed E-state index contributed by atoms with van der Waals surface area (Å²) in [6.45, 7) is 0.108. The van der Waals surface area contributed by atoms with Crippen molar-refractivity contribution in [1.29, 1.82) is 0 Å².